The molecule has 0 saturated carbocycles. The summed E-state index contributed by atoms with van der Waals surface area (Å²) in [5, 5.41) is 18.7. The molecule has 0 bridgehead atoms. The first-order chi connectivity index (χ1) is 7.09. The number of benzene rings is 1. The molecule has 2 atom stereocenters. The van der Waals surface area contributed by atoms with Gasteiger partial charge in [0.25, 0.3) is 0 Å². The average molecular weight is 208 g/mol. The van der Waals surface area contributed by atoms with Gasteiger partial charge in [0.05, 0.1) is 12.2 Å². The monoisotopic (exact) mass is 208 g/mol. The van der Waals surface area contributed by atoms with Gasteiger partial charge in [-0.2, -0.15) is 0 Å². The predicted octanol–water partition coefficient (Wildman–Crippen LogP) is 1.05. The summed E-state index contributed by atoms with van der Waals surface area (Å²) in [5.74, 6) is 0. The molecule has 1 aromatic carbocycles. The van der Waals surface area contributed by atoms with Gasteiger partial charge in [0, 0.05) is 18.8 Å². The highest BCUT2D eigenvalue weighted by Crippen LogP contribution is 2.13. The largest absolute Gasteiger partial charge is 0.392 e. The minimum Gasteiger partial charge on any atom is -0.392 e. The molecule has 0 aromatic heterocycles. The molecule has 0 aliphatic heterocycles. The van der Waals surface area contributed by atoms with E-state index in [0.717, 1.165) is 5.69 Å². The zero-order valence-electron chi connectivity index (χ0n) is 9.22. The highest BCUT2D eigenvalue weighted by Gasteiger charge is 2.11. The quantitative estimate of drug-likeness (QED) is 0.760. The summed E-state index contributed by atoms with van der Waals surface area (Å²) < 4.78 is 0. The maximum atomic E-state index is 9.37. The number of anilines is 1. The zero-order chi connectivity index (χ0) is 11.3. The summed E-state index contributed by atoms with van der Waals surface area (Å²) in [6, 6.07) is 10.4. The fourth-order valence-corrected chi connectivity index (χ4v) is 1.51. The predicted molar refractivity (Wildman–Crippen MR) is 60.9 cm³/mol. The van der Waals surface area contributed by atoms with E-state index >= 15 is 0 Å². The van der Waals surface area contributed by atoms with E-state index in [2.05, 4.69) is 6.07 Å². The standard InChI is InChI=1S/C12H18NO2/c1-10(14)8-13(9-11(2)15)12-6-4-3-5-7-12/h4-7,10-11,14-15H,8-9H2,1-2H3. The molecular weight excluding hydrogens is 190 g/mol. The molecule has 3 nitrogen and oxygen atoms in total. The van der Waals surface area contributed by atoms with Gasteiger partial charge in [0.15, 0.2) is 0 Å². The van der Waals surface area contributed by atoms with Gasteiger partial charge < -0.3 is 15.1 Å². The Bertz CT molecular complexity index is 262. The second kappa shape index (κ2) is 5.73. The average Bonchev–Trinajstić information content (AvgIpc) is 2.17. The summed E-state index contributed by atoms with van der Waals surface area (Å²) >= 11 is 0. The Morgan fingerprint density at radius 2 is 1.60 bits per heavy atom. The first kappa shape index (κ1) is 12.0. The number of rotatable bonds is 5. The van der Waals surface area contributed by atoms with Crippen LogP contribution < -0.4 is 4.90 Å². The van der Waals surface area contributed by atoms with Crippen molar-refractivity contribution in [2.24, 2.45) is 0 Å². The third-order valence-electron chi connectivity index (χ3n) is 2.04. The van der Waals surface area contributed by atoms with Gasteiger partial charge in [-0.25, -0.2) is 0 Å². The topological polar surface area (TPSA) is 43.7 Å². The molecular formula is C12H18NO2. The number of hydrogen-bond acceptors (Lipinski definition) is 3. The summed E-state index contributed by atoms with van der Waals surface area (Å²) in [6.07, 6.45) is -0.819. The lowest BCUT2D eigenvalue weighted by molar-refractivity contribution is 0.178. The summed E-state index contributed by atoms with van der Waals surface area (Å²) in [7, 11) is 0. The molecule has 0 saturated heterocycles. The second-order valence-corrected chi connectivity index (χ2v) is 3.86. The molecule has 0 fully saturated rings. The van der Waals surface area contributed by atoms with E-state index in [1.807, 2.05) is 29.2 Å². The van der Waals surface area contributed by atoms with Crippen molar-refractivity contribution in [3.8, 4) is 0 Å². The van der Waals surface area contributed by atoms with Crippen molar-refractivity contribution in [2.45, 2.75) is 26.1 Å². The van der Waals surface area contributed by atoms with Gasteiger partial charge in [-0.1, -0.05) is 12.1 Å². The van der Waals surface area contributed by atoms with Crippen molar-refractivity contribution in [3.63, 3.8) is 0 Å². The van der Waals surface area contributed by atoms with E-state index in [-0.39, 0.29) is 0 Å². The van der Waals surface area contributed by atoms with E-state index in [4.69, 9.17) is 0 Å². The van der Waals surface area contributed by atoms with Crippen LogP contribution in [0.25, 0.3) is 0 Å². The fraction of sp³-hybridized carbons (Fsp3) is 0.500. The molecule has 0 aliphatic rings. The molecule has 0 spiro atoms. The Morgan fingerprint density at radius 1 is 1.13 bits per heavy atom. The van der Waals surface area contributed by atoms with Crippen LogP contribution in [0.3, 0.4) is 0 Å². The van der Waals surface area contributed by atoms with Crippen LogP contribution in [-0.4, -0.2) is 35.5 Å². The smallest absolute Gasteiger partial charge is 0.0687 e. The molecule has 0 aliphatic carbocycles. The van der Waals surface area contributed by atoms with Crippen molar-refractivity contribution in [1.29, 1.82) is 0 Å². The summed E-state index contributed by atoms with van der Waals surface area (Å²) in [4.78, 5) is 1.96. The highest BCUT2D eigenvalue weighted by atomic mass is 16.3. The molecule has 0 heterocycles. The first-order valence-electron chi connectivity index (χ1n) is 5.17. The van der Waals surface area contributed by atoms with Crippen LogP contribution in [0, 0.1) is 6.07 Å². The van der Waals surface area contributed by atoms with Gasteiger partial charge in [0.1, 0.15) is 0 Å². The van der Waals surface area contributed by atoms with Crippen LogP contribution in [0.4, 0.5) is 5.69 Å². The van der Waals surface area contributed by atoms with Crippen molar-refractivity contribution in [2.75, 3.05) is 18.0 Å². The van der Waals surface area contributed by atoms with E-state index in [1.54, 1.807) is 13.8 Å². The van der Waals surface area contributed by atoms with Crippen LogP contribution >= 0.6 is 0 Å². The van der Waals surface area contributed by atoms with E-state index in [1.165, 1.54) is 0 Å². The van der Waals surface area contributed by atoms with Crippen molar-refractivity contribution in [3.05, 3.63) is 30.3 Å². The third-order valence-corrected chi connectivity index (χ3v) is 2.04. The Balaban J connectivity index is 2.72. The Morgan fingerprint density at radius 3 is 2.00 bits per heavy atom. The van der Waals surface area contributed by atoms with Gasteiger partial charge in [-0.15, -0.1) is 0 Å². The van der Waals surface area contributed by atoms with Crippen LogP contribution in [-0.2, 0) is 0 Å². The number of nitrogens with zero attached hydrogens (tertiary/aromatic N) is 1. The summed E-state index contributed by atoms with van der Waals surface area (Å²) in [6.45, 7) is 4.53. The number of hydrogen-bond donors (Lipinski definition) is 2. The van der Waals surface area contributed by atoms with Crippen LogP contribution in [0.1, 0.15) is 13.8 Å². The van der Waals surface area contributed by atoms with Crippen molar-refractivity contribution >= 4 is 5.69 Å². The van der Waals surface area contributed by atoms with E-state index < -0.39 is 12.2 Å². The molecule has 83 valence electrons. The van der Waals surface area contributed by atoms with Gasteiger partial charge in [-0.3, -0.25) is 0 Å². The molecule has 3 heteroatoms. The van der Waals surface area contributed by atoms with Crippen molar-refractivity contribution < 1.29 is 10.2 Å². The first-order valence-corrected chi connectivity index (χ1v) is 5.17. The lowest BCUT2D eigenvalue weighted by Gasteiger charge is -2.27. The third kappa shape index (κ3) is 4.32. The van der Waals surface area contributed by atoms with Gasteiger partial charge in [-0.05, 0) is 32.0 Å². The highest BCUT2D eigenvalue weighted by molar-refractivity contribution is 5.45. The molecule has 1 rings (SSSR count). The minimum absolute atomic E-state index is 0.409. The van der Waals surface area contributed by atoms with E-state index in [9.17, 15) is 10.2 Å². The van der Waals surface area contributed by atoms with Crippen molar-refractivity contribution in [1.82, 2.24) is 0 Å². The lowest BCUT2D eigenvalue weighted by atomic mass is 10.2. The molecule has 0 amide bonds. The number of aliphatic hydroxyl groups excluding tert-OH is 2. The SMILES string of the molecule is CC(O)CN(CC(C)O)c1cc[c]cc1. The molecule has 15 heavy (non-hydrogen) atoms. The maximum absolute atomic E-state index is 9.37. The lowest BCUT2D eigenvalue weighted by Crippen LogP contribution is -2.36. The minimum atomic E-state index is -0.409. The summed E-state index contributed by atoms with van der Waals surface area (Å²) in [5.41, 5.74) is 0.996. The Labute approximate surface area is 91.0 Å². The molecule has 2 unspecified atom stereocenters. The van der Waals surface area contributed by atoms with E-state index in [0.29, 0.717) is 13.1 Å². The van der Waals surface area contributed by atoms with Gasteiger partial charge >= 0.3 is 0 Å². The fourth-order valence-electron chi connectivity index (χ4n) is 1.51. The van der Waals surface area contributed by atoms with Crippen LogP contribution in [0.2, 0.25) is 0 Å². The van der Waals surface area contributed by atoms with Gasteiger partial charge in [0.2, 0.25) is 0 Å². The molecule has 2 N–H and O–H groups in total. The second-order valence-electron chi connectivity index (χ2n) is 3.86. The maximum Gasteiger partial charge on any atom is 0.0687 e. The van der Waals surface area contributed by atoms with Crippen LogP contribution in [0.5, 0.6) is 0 Å². The Kier molecular flexibility index (Phi) is 4.59. The zero-order valence-corrected chi connectivity index (χ0v) is 9.22. The molecule has 1 radical (unpaired) electrons. The normalized spacial score (nSPS) is 14.7. The number of aliphatic hydroxyl groups is 2. The van der Waals surface area contributed by atoms with Crippen LogP contribution in [0.15, 0.2) is 24.3 Å². The Hall–Kier alpha value is -1.06. The molecule has 1 aromatic rings.